The van der Waals surface area contributed by atoms with E-state index in [1.165, 1.54) is 37.3 Å². The number of hydrogen-bond donors (Lipinski definition) is 1. The van der Waals surface area contributed by atoms with Gasteiger partial charge in [-0.2, -0.15) is 0 Å². The molecule has 1 aliphatic heterocycles. The normalized spacial score (nSPS) is 18.1. The van der Waals surface area contributed by atoms with Crippen LogP contribution in [0.1, 0.15) is 24.6 Å². The fourth-order valence-electron chi connectivity index (χ4n) is 2.28. The van der Waals surface area contributed by atoms with Crippen molar-refractivity contribution >= 4 is 16.3 Å². The summed E-state index contributed by atoms with van der Waals surface area (Å²) in [5.41, 5.74) is 0. The Kier molecular flexibility index (Phi) is 4.68. The van der Waals surface area contributed by atoms with E-state index in [1.54, 1.807) is 6.07 Å². The summed E-state index contributed by atoms with van der Waals surface area (Å²) in [5.74, 6) is 0. The maximum atomic E-state index is 10.6. The van der Waals surface area contributed by atoms with E-state index in [9.17, 15) is 10.1 Å². The third-order valence-corrected chi connectivity index (χ3v) is 4.37. The number of nitrogens with one attached hydrogen (secondary N) is 1. The zero-order valence-corrected chi connectivity index (χ0v) is 11.4. The average Bonchev–Trinajstić information content (AvgIpc) is 3.00. The number of likely N-dealkylation sites (tertiary alicyclic amines) is 1. The molecule has 1 atom stereocenters. The van der Waals surface area contributed by atoms with Gasteiger partial charge < -0.3 is 5.32 Å². The maximum absolute atomic E-state index is 10.6. The van der Waals surface area contributed by atoms with E-state index in [4.69, 9.17) is 0 Å². The molecule has 18 heavy (non-hydrogen) atoms. The highest BCUT2D eigenvalue weighted by Crippen LogP contribution is 2.23. The van der Waals surface area contributed by atoms with Crippen molar-refractivity contribution in [1.29, 1.82) is 0 Å². The highest BCUT2D eigenvalue weighted by molar-refractivity contribution is 7.15. The van der Waals surface area contributed by atoms with Crippen LogP contribution in [0.4, 0.5) is 5.00 Å². The number of thiophene rings is 1. The number of nitro groups is 1. The lowest BCUT2D eigenvalue weighted by atomic mass is 10.3. The average molecular weight is 269 g/mol. The monoisotopic (exact) mass is 269 g/mol. The minimum absolute atomic E-state index is 0.222. The lowest BCUT2D eigenvalue weighted by Gasteiger charge is -2.23. The summed E-state index contributed by atoms with van der Waals surface area (Å²) >= 11 is 1.25. The van der Waals surface area contributed by atoms with E-state index in [0.29, 0.717) is 6.04 Å². The third kappa shape index (κ3) is 3.51. The standard InChI is InChI=1S/C12H19N3O2S/c1-10(14-6-2-3-7-14)8-13-9-11-4-5-12(18-11)15(16)17/h4-5,10,13H,2-3,6-9H2,1H3. The van der Waals surface area contributed by atoms with E-state index in [0.717, 1.165) is 18.0 Å². The van der Waals surface area contributed by atoms with Gasteiger partial charge in [-0.1, -0.05) is 11.3 Å². The fourth-order valence-corrected chi connectivity index (χ4v) is 3.07. The first-order valence-corrected chi connectivity index (χ1v) is 7.16. The molecule has 0 saturated carbocycles. The predicted octanol–water partition coefficient (Wildman–Crippen LogP) is 2.23. The molecule has 1 aliphatic rings. The Labute approximate surface area is 111 Å². The molecular weight excluding hydrogens is 250 g/mol. The molecule has 0 aromatic carbocycles. The smallest absolute Gasteiger partial charge is 0.310 e. The second-order valence-corrected chi connectivity index (χ2v) is 5.87. The lowest BCUT2D eigenvalue weighted by molar-refractivity contribution is -0.380. The van der Waals surface area contributed by atoms with Crippen molar-refractivity contribution in [2.75, 3.05) is 19.6 Å². The van der Waals surface area contributed by atoms with Crippen LogP contribution in [-0.4, -0.2) is 35.5 Å². The molecule has 0 aliphatic carbocycles. The van der Waals surface area contributed by atoms with Crippen LogP contribution in [0.5, 0.6) is 0 Å². The Morgan fingerprint density at radius 3 is 2.83 bits per heavy atom. The minimum Gasteiger partial charge on any atom is -0.310 e. The van der Waals surface area contributed by atoms with Gasteiger partial charge in [-0.25, -0.2) is 0 Å². The molecule has 5 nitrogen and oxygen atoms in total. The fraction of sp³-hybridized carbons (Fsp3) is 0.667. The van der Waals surface area contributed by atoms with E-state index in [2.05, 4.69) is 17.1 Å². The summed E-state index contributed by atoms with van der Waals surface area (Å²) in [5, 5.41) is 14.2. The van der Waals surface area contributed by atoms with E-state index in [1.807, 2.05) is 6.07 Å². The van der Waals surface area contributed by atoms with Crippen LogP contribution in [0.2, 0.25) is 0 Å². The summed E-state index contributed by atoms with van der Waals surface area (Å²) in [7, 11) is 0. The van der Waals surface area contributed by atoms with Crippen LogP contribution >= 0.6 is 11.3 Å². The number of rotatable bonds is 6. The molecule has 0 amide bonds. The van der Waals surface area contributed by atoms with Gasteiger partial charge in [0.05, 0.1) is 4.92 Å². The van der Waals surface area contributed by atoms with Crippen molar-refractivity contribution in [2.45, 2.75) is 32.4 Å². The van der Waals surface area contributed by atoms with Gasteiger partial charge in [-0.15, -0.1) is 0 Å². The molecule has 1 N–H and O–H groups in total. The summed E-state index contributed by atoms with van der Waals surface area (Å²) in [6, 6.07) is 3.95. The SMILES string of the molecule is CC(CNCc1ccc([N+](=O)[O-])s1)N1CCCC1. The van der Waals surface area contributed by atoms with Crippen molar-refractivity contribution in [1.82, 2.24) is 10.2 Å². The summed E-state index contributed by atoms with van der Waals surface area (Å²) in [6.45, 7) is 6.29. The van der Waals surface area contributed by atoms with E-state index >= 15 is 0 Å². The van der Waals surface area contributed by atoms with Crippen molar-refractivity contribution in [2.24, 2.45) is 0 Å². The zero-order valence-electron chi connectivity index (χ0n) is 10.6. The van der Waals surface area contributed by atoms with Gasteiger partial charge >= 0.3 is 5.00 Å². The topological polar surface area (TPSA) is 58.4 Å². The van der Waals surface area contributed by atoms with Gasteiger partial charge in [0.1, 0.15) is 0 Å². The molecule has 1 unspecified atom stereocenters. The quantitative estimate of drug-likeness (QED) is 0.635. The minimum atomic E-state index is -0.332. The van der Waals surface area contributed by atoms with Gasteiger partial charge in [0.25, 0.3) is 0 Å². The number of nitrogens with zero attached hydrogens (tertiary/aromatic N) is 2. The highest BCUT2D eigenvalue weighted by Gasteiger charge is 2.17. The Hall–Kier alpha value is -0.980. The summed E-state index contributed by atoms with van der Waals surface area (Å²) < 4.78 is 0. The van der Waals surface area contributed by atoms with Crippen LogP contribution in [-0.2, 0) is 6.54 Å². The van der Waals surface area contributed by atoms with Crippen LogP contribution in [0, 0.1) is 10.1 Å². The van der Waals surface area contributed by atoms with Gasteiger partial charge in [0, 0.05) is 30.1 Å². The summed E-state index contributed by atoms with van der Waals surface area (Å²) in [4.78, 5) is 13.7. The van der Waals surface area contributed by atoms with Crippen molar-refractivity contribution in [3.63, 3.8) is 0 Å². The van der Waals surface area contributed by atoms with Gasteiger partial charge in [0.2, 0.25) is 0 Å². The Morgan fingerprint density at radius 2 is 2.22 bits per heavy atom. The molecule has 1 saturated heterocycles. The lowest BCUT2D eigenvalue weighted by Crippen LogP contribution is -2.38. The Balaban J connectivity index is 1.72. The molecule has 1 aromatic rings. The zero-order chi connectivity index (χ0) is 13.0. The highest BCUT2D eigenvalue weighted by atomic mass is 32.1. The maximum Gasteiger partial charge on any atom is 0.324 e. The van der Waals surface area contributed by atoms with Gasteiger partial charge in [-0.05, 0) is 38.9 Å². The molecule has 0 spiro atoms. The third-order valence-electron chi connectivity index (χ3n) is 3.33. The van der Waals surface area contributed by atoms with Crippen molar-refractivity contribution in [3.05, 3.63) is 27.1 Å². The second kappa shape index (κ2) is 6.26. The largest absolute Gasteiger partial charge is 0.324 e. The Morgan fingerprint density at radius 1 is 1.50 bits per heavy atom. The van der Waals surface area contributed by atoms with Crippen LogP contribution in [0.25, 0.3) is 0 Å². The van der Waals surface area contributed by atoms with Crippen LogP contribution in [0.15, 0.2) is 12.1 Å². The molecule has 1 aromatic heterocycles. The van der Waals surface area contributed by atoms with Gasteiger partial charge in [-0.3, -0.25) is 15.0 Å². The second-order valence-electron chi connectivity index (χ2n) is 4.72. The molecule has 6 heteroatoms. The first kappa shape index (κ1) is 13.5. The van der Waals surface area contributed by atoms with Crippen LogP contribution in [0.3, 0.4) is 0 Å². The molecule has 1 fully saturated rings. The van der Waals surface area contributed by atoms with Crippen molar-refractivity contribution < 1.29 is 4.92 Å². The molecule has 0 radical (unpaired) electrons. The van der Waals surface area contributed by atoms with E-state index in [-0.39, 0.29) is 9.92 Å². The van der Waals surface area contributed by atoms with Crippen LogP contribution < -0.4 is 5.32 Å². The molecular formula is C12H19N3O2S. The number of hydrogen-bond acceptors (Lipinski definition) is 5. The molecule has 2 rings (SSSR count). The first-order chi connectivity index (χ1) is 8.66. The molecule has 100 valence electrons. The van der Waals surface area contributed by atoms with Crippen molar-refractivity contribution in [3.8, 4) is 0 Å². The van der Waals surface area contributed by atoms with E-state index < -0.39 is 0 Å². The molecule has 0 bridgehead atoms. The Bertz CT molecular complexity index is 402. The molecule has 2 heterocycles. The van der Waals surface area contributed by atoms with Gasteiger partial charge in [0.15, 0.2) is 0 Å². The predicted molar refractivity (Wildman–Crippen MR) is 72.9 cm³/mol. The summed E-state index contributed by atoms with van der Waals surface area (Å²) in [6.07, 6.45) is 2.61. The first-order valence-electron chi connectivity index (χ1n) is 6.34.